The largest absolute Gasteiger partial charge is 0.506 e. The van der Waals surface area contributed by atoms with Gasteiger partial charge in [0.05, 0.1) is 11.7 Å². The van der Waals surface area contributed by atoms with Crippen LogP contribution in [-0.4, -0.2) is 28.1 Å². The highest BCUT2D eigenvalue weighted by Gasteiger charge is 2.24. The highest BCUT2D eigenvalue weighted by molar-refractivity contribution is 5.92. The van der Waals surface area contributed by atoms with E-state index in [0.717, 1.165) is 31.2 Å². The third-order valence-electron chi connectivity index (χ3n) is 4.55. The highest BCUT2D eigenvalue weighted by atomic mass is 16.5. The third-order valence-corrected chi connectivity index (χ3v) is 4.55. The summed E-state index contributed by atoms with van der Waals surface area (Å²) in [6, 6.07) is 10.3. The lowest BCUT2D eigenvalue weighted by atomic mass is 9.92. The molecule has 1 aromatic heterocycles. The summed E-state index contributed by atoms with van der Waals surface area (Å²) in [6.45, 7) is 1.93. The molecule has 0 aliphatic heterocycles. The Balaban J connectivity index is 1.49. The summed E-state index contributed by atoms with van der Waals surface area (Å²) in [6.07, 6.45) is 5.00. The minimum Gasteiger partial charge on any atom is -0.506 e. The Bertz CT molecular complexity index is 819. The minimum absolute atomic E-state index is 0.0352. The molecule has 0 saturated heterocycles. The molecule has 1 aliphatic carbocycles. The van der Waals surface area contributed by atoms with Gasteiger partial charge >= 0.3 is 0 Å². The number of ether oxygens (including phenoxy) is 1. The first-order chi connectivity index (χ1) is 12.5. The number of carbonyl (C=O) groups is 1. The van der Waals surface area contributed by atoms with Gasteiger partial charge < -0.3 is 15.2 Å². The molecule has 2 aromatic rings. The van der Waals surface area contributed by atoms with E-state index in [0.29, 0.717) is 11.4 Å². The molecule has 0 spiro atoms. The number of nitriles is 1. The van der Waals surface area contributed by atoms with E-state index in [1.54, 1.807) is 24.4 Å². The van der Waals surface area contributed by atoms with Crippen molar-refractivity contribution in [1.82, 2.24) is 10.3 Å². The number of nitrogens with one attached hydrogen (secondary N) is 1. The van der Waals surface area contributed by atoms with Gasteiger partial charge in [-0.05, 0) is 56.4 Å². The molecule has 0 unspecified atom stereocenters. The second kappa shape index (κ2) is 7.87. The third kappa shape index (κ3) is 4.31. The van der Waals surface area contributed by atoms with Gasteiger partial charge in [-0.15, -0.1) is 0 Å². The predicted octanol–water partition coefficient (Wildman–Crippen LogP) is 3.09. The summed E-state index contributed by atoms with van der Waals surface area (Å²) in [4.78, 5) is 16.4. The molecule has 0 atom stereocenters. The summed E-state index contributed by atoms with van der Waals surface area (Å²) in [5, 5.41) is 21.6. The van der Waals surface area contributed by atoms with Crippen LogP contribution in [-0.2, 0) is 0 Å². The molecular formula is C20H21N3O3. The van der Waals surface area contributed by atoms with Crippen LogP contribution in [0.5, 0.6) is 11.5 Å². The first-order valence-corrected chi connectivity index (χ1v) is 8.68. The van der Waals surface area contributed by atoms with Crippen molar-refractivity contribution in [3.05, 3.63) is 53.3 Å². The minimum atomic E-state index is -0.147. The van der Waals surface area contributed by atoms with Crippen LogP contribution in [0.15, 0.2) is 36.5 Å². The van der Waals surface area contributed by atoms with Gasteiger partial charge in [-0.25, -0.2) is 0 Å². The first kappa shape index (κ1) is 17.7. The van der Waals surface area contributed by atoms with Crippen molar-refractivity contribution in [1.29, 1.82) is 5.26 Å². The van der Waals surface area contributed by atoms with Gasteiger partial charge in [0.1, 0.15) is 23.3 Å². The monoisotopic (exact) mass is 351 g/mol. The fraction of sp³-hybridized carbons (Fsp3) is 0.350. The number of aromatic hydroxyl groups is 1. The van der Waals surface area contributed by atoms with Gasteiger partial charge in [-0.3, -0.25) is 9.78 Å². The van der Waals surface area contributed by atoms with E-state index in [9.17, 15) is 9.90 Å². The molecule has 1 fully saturated rings. The number of nitrogens with zero attached hydrogens (tertiary/aromatic N) is 2. The second-order valence-corrected chi connectivity index (χ2v) is 6.58. The quantitative estimate of drug-likeness (QED) is 0.882. The van der Waals surface area contributed by atoms with E-state index in [2.05, 4.69) is 10.3 Å². The number of rotatable bonds is 4. The van der Waals surface area contributed by atoms with Crippen molar-refractivity contribution in [2.24, 2.45) is 0 Å². The maximum Gasteiger partial charge on any atom is 0.270 e. The van der Waals surface area contributed by atoms with Gasteiger partial charge in [0, 0.05) is 18.3 Å². The molecule has 1 aliphatic rings. The van der Waals surface area contributed by atoms with E-state index >= 15 is 0 Å². The molecular weight excluding hydrogens is 330 g/mol. The van der Waals surface area contributed by atoms with Crippen molar-refractivity contribution in [3.8, 4) is 17.6 Å². The molecule has 6 nitrogen and oxygen atoms in total. The van der Waals surface area contributed by atoms with Gasteiger partial charge in [0.15, 0.2) is 0 Å². The van der Waals surface area contributed by atoms with E-state index in [4.69, 9.17) is 10.00 Å². The molecule has 26 heavy (non-hydrogen) atoms. The van der Waals surface area contributed by atoms with E-state index in [1.807, 2.05) is 19.1 Å². The zero-order chi connectivity index (χ0) is 18.5. The lowest BCUT2D eigenvalue weighted by Crippen LogP contribution is -2.40. The number of amides is 1. The van der Waals surface area contributed by atoms with Gasteiger partial charge in [0.25, 0.3) is 5.91 Å². The molecule has 1 heterocycles. The summed E-state index contributed by atoms with van der Waals surface area (Å²) in [7, 11) is 0. The second-order valence-electron chi connectivity index (χ2n) is 6.58. The standard InChI is InChI=1S/C20H21N3O3/c1-13-2-9-18(22-12-13)20(25)23-15-4-7-16(8-5-15)26-17-6-3-14(11-21)19(24)10-17/h2-3,6,9-10,12,15-16,24H,4-5,7-8H2,1H3,(H,23,25). The number of benzene rings is 1. The summed E-state index contributed by atoms with van der Waals surface area (Å²) >= 11 is 0. The van der Waals surface area contributed by atoms with E-state index in [1.165, 1.54) is 6.07 Å². The Morgan fingerprint density at radius 1 is 1.27 bits per heavy atom. The summed E-state index contributed by atoms with van der Waals surface area (Å²) < 4.78 is 5.89. The molecule has 2 N–H and O–H groups in total. The van der Waals surface area contributed by atoms with E-state index < -0.39 is 0 Å². The number of hydrogen-bond acceptors (Lipinski definition) is 5. The lowest BCUT2D eigenvalue weighted by molar-refractivity contribution is 0.0889. The predicted molar refractivity (Wildman–Crippen MR) is 95.9 cm³/mol. The van der Waals surface area contributed by atoms with Crippen LogP contribution in [0.25, 0.3) is 0 Å². The number of phenolic OH excluding ortho intramolecular Hbond substituents is 1. The smallest absolute Gasteiger partial charge is 0.270 e. The summed E-state index contributed by atoms with van der Waals surface area (Å²) in [5.74, 6) is 0.334. The average Bonchev–Trinajstić information content (AvgIpc) is 2.64. The number of aromatic nitrogens is 1. The fourth-order valence-corrected chi connectivity index (χ4v) is 3.06. The fourth-order valence-electron chi connectivity index (χ4n) is 3.06. The van der Waals surface area contributed by atoms with Crippen LogP contribution >= 0.6 is 0 Å². The molecule has 0 radical (unpaired) electrons. The average molecular weight is 351 g/mol. The topological polar surface area (TPSA) is 95.2 Å². The Kier molecular flexibility index (Phi) is 5.37. The SMILES string of the molecule is Cc1ccc(C(=O)NC2CCC(Oc3ccc(C#N)c(O)c3)CC2)nc1. The maximum atomic E-state index is 12.2. The van der Waals surface area contributed by atoms with Crippen LogP contribution in [0.4, 0.5) is 0 Å². The molecule has 0 bridgehead atoms. The molecule has 1 saturated carbocycles. The van der Waals surface area contributed by atoms with Crippen LogP contribution < -0.4 is 10.1 Å². The molecule has 3 rings (SSSR count). The maximum absolute atomic E-state index is 12.2. The Morgan fingerprint density at radius 3 is 2.65 bits per heavy atom. The number of aryl methyl sites for hydroxylation is 1. The van der Waals surface area contributed by atoms with Crippen LogP contribution in [0.2, 0.25) is 0 Å². The number of phenols is 1. The zero-order valence-corrected chi connectivity index (χ0v) is 14.6. The van der Waals surface area contributed by atoms with Crippen molar-refractivity contribution < 1.29 is 14.6 Å². The van der Waals surface area contributed by atoms with Crippen molar-refractivity contribution >= 4 is 5.91 Å². The Labute approximate surface area is 152 Å². The first-order valence-electron chi connectivity index (χ1n) is 8.68. The van der Waals surface area contributed by atoms with Crippen molar-refractivity contribution in [2.75, 3.05) is 0 Å². The summed E-state index contributed by atoms with van der Waals surface area (Å²) in [5.41, 5.74) is 1.68. The molecule has 6 heteroatoms. The van der Waals surface area contributed by atoms with Crippen LogP contribution in [0.3, 0.4) is 0 Å². The van der Waals surface area contributed by atoms with E-state index in [-0.39, 0.29) is 29.4 Å². The zero-order valence-electron chi connectivity index (χ0n) is 14.6. The normalized spacial score (nSPS) is 19.4. The molecule has 1 aromatic carbocycles. The van der Waals surface area contributed by atoms with Crippen molar-refractivity contribution in [3.63, 3.8) is 0 Å². The van der Waals surface area contributed by atoms with Gasteiger partial charge in [-0.2, -0.15) is 5.26 Å². The highest BCUT2D eigenvalue weighted by Crippen LogP contribution is 2.27. The molecule has 134 valence electrons. The Morgan fingerprint density at radius 2 is 2.04 bits per heavy atom. The molecule has 1 amide bonds. The number of carbonyl (C=O) groups excluding carboxylic acids is 1. The van der Waals surface area contributed by atoms with Gasteiger partial charge in [0.2, 0.25) is 0 Å². The number of hydrogen-bond donors (Lipinski definition) is 2. The number of pyridine rings is 1. The van der Waals surface area contributed by atoms with Crippen LogP contribution in [0, 0.1) is 18.3 Å². The lowest BCUT2D eigenvalue weighted by Gasteiger charge is -2.29. The van der Waals surface area contributed by atoms with Crippen molar-refractivity contribution in [2.45, 2.75) is 44.8 Å². The van der Waals surface area contributed by atoms with Crippen LogP contribution in [0.1, 0.15) is 47.3 Å². The Hall–Kier alpha value is -3.07. The van der Waals surface area contributed by atoms with Gasteiger partial charge in [-0.1, -0.05) is 6.07 Å².